The Labute approximate surface area is 109 Å². The van der Waals surface area contributed by atoms with Crippen LogP contribution in [0, 0.1) is 0 Å². The van der Waals surface area contributed by atoms with Gasteiger partial charge in [-0.25, -0.2) is 4.57 Å². The maximum atomic E-state index is 11.3. The lowest BCUT2D eigenvalue weighted by Gasteiger charge is -2.12. The molecule has 1 aromatic heterocycles. The van der Waals surface area contributed by atoms with Crippen LogP contribution in [0.3, 0.4) is 0 Å². The third-order valence-corrected chi connectivity index (χ3v) is 2.54. The molecule has 6 heteroatoms. The van der Waals surface area contributed by atoms with Crippen LogP contribution in [0.5, 0.6) is 23.3 Å². The van der Waals surface area contributed by atoms with Crippen molar-refractivity contribution < 1.29 is 24.9 Å². The van der Waals surface area contributed by atoms with E-state index in [-0.39, 0.29) is 35.4 Å². The fourth-order valence-electron chi connectivity index (χ4n) is 1.62. The molecule has 0 saturated carbocycles. The summed E-state index contributed by atoms with van der Waals surface area (Å²) in [7, 11) is 0. The molecule has 0 spiro atoms. The van der Waals surface area contributed by atoms with E-state index in [1.165, 1.54) is 30.3 Å². The van der Waals surface area contributed by atoms with E-state index in [1.54, 1.807) is 6.92 Å². The third kappa shape index (κ3) is 2.47. The van der Waals surface area contributed by atoms with Gasteiger partial charge in [-0.05, 0) is 12.1 Å². The molecular weight excluding hydrogens is 250 g/mol. The number of aromatic hydroxyl groups is 3. The highest BCUT2D eigenvalue weighted by atomic mass is 16.5. The van der Waals surface area contributed by atoms with Crippen LogP contribution in [-0.2, 0) is 4.79 Å². The van der Waals surface area contributed by atoms with Crippen LogP contribution in [0.4, 0.5) is 0 Å². The number of aromatic nitrogens is 1. The van der Waals surface area contributed by atoms with E-state index in [4.69, 9.17) is 4.74 Å². The second-order valence-corrected chi connectivity index (χ2v) is 3.86. The molecule has 3 N–H and O–H groups in total. The summed E-state index contributed by atoms with van der Waals surface area (Å²) >= 11 is 0. The highest BCUT2D eigenvalue weighted by Gasteiger charge is 2.16. The van der Waals surface area contributed by atoms with E-state index in [9.17, 15) is 20.1 Å². The molecule has 1 aromatic carbocycles. The number of ether oxygens (including phenoxy) is 1. The predicted octanol–water partition coefficient (Wildman–Crippen LogP) is 1.91. The highest BCUT2D eigenvalue weighted by Crippen LogP contribution is 2.34. The van der Waals surface area contributed by atoms with Crippen molar-refractivity contribution in [3.05, 3.63) is 30.3 Å². The van der Waals surface area contributed by atoms with Gasteiger partial charge in [-0.3, -0.25) is 4.79 Å². The van der Waals surface area contributed by atoms with Crippen LogP contribution in [0.2, 0.25) is 0 Å². The number of nitrogens with zero attached hydrogens (tertiary/aromatic N) is 1. The van der Waals surface area contributed by atoms with E-state index in [2.05, 4.69) is 0 Å². The smallest absolute Gasteiger partial charge is 0.310 e. The maximum absolute atomic E-state index is 11.3. The zero-order valence-electron chi connectivity index (χ0n) is 10.2. The molecule has 1 heterocycles. The number of carbonyl (C=O) groups excluding carboxylic acids is 1. The van der Waals surface area contributed by atoms with E-state index < -0.39 is 5.97 Å². The molecule has 0 aliphatic heterocycles. The van der Waals surface area contributed by atoms with Crippen LogP contribution in [0.25, 0.3) is 5.69 Å². The molecule has 0 fully saturated rings. The van der Waals surface area contributed by atoms with Crippen molar-refractivity contribution >= 4 is 5.97 Å². The van der Waals surface area contributed by atoms with Crippen LogP contribution >= 0.6 is 0 Å². The fraction of sp³-hybridized carbons (Fsp3) is 0.154. The van der Waals surface area contributed by atoms with Gasteiger partial charge in [-0.1, -0.05) is 6.92 Å². The topological polar surface area (TPSA) is 91.9 Å². The predicted molar refractivity (Wildman–Crippen MR) is 66.7 cm³/mol. The van der Waals surface area contributed by atoms with E-state index >= 15 is 0 Å². The SMILES string of the molecule is CCC(=O)Oc1ccc(O)cc1-n1c(O)ccc1O. The van der Waals surface area contributed by atoms with Gasteiger partial charge in [0, 0.05) is 24.6 Å². The first-order valence-electron chi connectivity index (χ1n) is 5.66. The number of carbonyl (C=O) groups is 1. The molecule has 0 aliphatic rings. The van der Waals surface area contributed by atoms with Gasteiger partial charge in [0.15, 0.2) is 17.5 Å². The summed E-state index contributed by atoms with van der Waals surface area (Å²) in [5.74, 6) is -0.892. The van der Waals surface area contributed by atoms with E-state index in [0.29, 0.717) is 0 Å². The number of phenolic OH excluding ortho intramolecular Hbond substituents is 1. The van der Waals surface area contributed by atoms with Gasteiger partial charge < -0.3 is 20.1 Å². The number of rotatable bonds is 3. The Hall–Kier alpha value is -2.63. The highest BCUT2D eigenvalue weighted by molar-refractivity contribution is 5.74. The minimum absolute atomic E-state index is 0.0844. The second-order valence-electron chi connectivity index (χ2n) is 3.86. The van der Waals surface area contributed by atoms with Gasteiger partial charge in [0.1, 0.15) is 5.75 Å². The molecule has 0 amide bonds. The lowest BCUT2D eigenvalue weighted by atomic mass is 10.2. The zero-order chi connectivity index (χ0) is 14.0. The van der Waals surface area contributed by atoms with Gasteiger partial charge in [0.2, 0.25) is 0 Å². The number of benzene rings is 1. The standard InChI is InChI=1S/C13H13NO5/c1-2-13(18)19-10-4-3-8(15)7-9(10)14-11(16)5-6-12(14)17/h3-7,15-17H,2H2,1H3. The third-order valence-electron chi connectivity index (χ3n) is 2.54. The van der Waals surface area contributed by atoms with Crippen molar-refractivity contribution in [2.45, 2.75) is 13.3 Å². The van der Waals surface area contributed by atoms with Crippen LogP contribution in [-0.4, -0.2) is 25.9 Å². The summed E-state index contributed by atoms with van der Waals surface area (Å²) in [6.07, 6.45) is 0.184. The Morgan fingerprint density at radius 2 is 1.79 bits per heavy atom. The molecular formula is C13H13NO5. The Morgan fingerprint density at radius 3 is 2.37 bits per heavy atom. The van der Waals surface area contributed by atoms with Crippen molar-refractivity contribution in [3.8, 4) is 28.9 Å². The summed E-state index contributed by atoms with van der Waals surface area (Å²) in [5, 5.41) is 28.8. The Bertz CT molecular complexity index is 598. The molecule has 0 bridgehead atoms. The molecule has 0 atom stereocenters. The Morgan fingerprint density at radius 1 is 1.16 bits per heavy atom. The average Bonchev–Trinajstić information content (AvgIpc) is 2.71. The molecule has 0 radical (unpaired) electrons. The summed E-state index contributed by atoms with van der Waals surface area (Å²) in [5.41, 5.74) is 0.168. The molecule has 2 rings (SSSR count). The number of esters is 1. The fourth-order valence-corrected chi connectivity index (χ4v) is 1.62. The largest absolute Gasteiger partial charge is 0.508 e. The normalized spacial score (nSPS) is 10.4. The maximum Gasteiger partial charge on any atom is 0.310 e. The first-order valence-corrected chi connectivity index (χ1v) is 5.66. The number of hydrogen-bond donors (Lipinski definition) is 3. The number of hydrogen-bond acceptors (Lipinski definition) is 5. The number of phenols is 1. The van der Waals surface area contributed by atoms with Crippen molar-refractivity contribution in [1.82, 2.24) is 4.57 Å². The van der Waals surface area contributed by atoms with Gasteiger partial charge in [0.25, 0.3) is 0 Å². The lowest BCUT2D eigenvalue weighted by molar-refractivity contribution is -0.134. The summed E-state index contributed by atoms with van der Waals surface area (Å²) in [6, 6.07) is 6.57. The summed E-state index contributed by atoms with van der Waals surface area (Å²) in [4.78, 5) is 11.3. The lowest BCUT2D eigenvalue weighted by Crippen LogP contribution is -2.08. The van der Waals surface area contributed by atoms with Crippen LogP contribution in [0.15, 0.2) is 30.3 Å². The van der Waals surface area contributed by atoms with Crippen molar-refractivity contribution in [2.24, 2.45) is 0 Å². The van der Waals surface area contributed by atoms with Crippen molar-refractivity contribution in [1.29, 1.82) is 0 Å². The first-order chi connectivity index (χ1) is 9.02. The molecule has 0 aliphatic carbocycles. The van der Waals surface area contributed by atoms with E-state index in [1.807, 2.05) is 0 Å². The van der Waals surface area contributed by atoms with Crippen LogP contribution < -0.4 is 4.74 Å². The van der Waals surface area contributed by atoms with Crippen molar-refractivity contribution in [3.63, 3.8) is 0 Å². The molecule has 0 saturated heterocycles. The Kier molecular flexibility index (Phi) is 3.33. The average molecular weight is 263 g/mol. The van der Waals surface area contributed by atoms with Gasteiger partial charge >= 0.3 is 5.97 Å². The monoisotopic (exact) mass is 263 g/mol. The first kappa shape index (κ1) is 12.8. The minimum atomic E-state index is -0.460. The molecule has 6 nitrogen and oxygen atoms in total. The molecule has 2 aromatic rings. The molecule has 0 unspecified atom stereocenters. The van der Waals surface area contributed by atoms with Gasteiger partial charge in [-0.15, -0.1) is 0 Å². The summed E-state index contributed by atoms with van der Waals surface area (Å²) < 4.78 is 6.14. The summed E-state index contributed by atoms with van der Waals surface area (Å²) in [6.45, 7) is 1.65. The second kappa shape index (κ2) is 4.93. The van der Waals surface area contributed by atoms with Gasteiger partial charge in [-0.2, -0.15) is 0 Å². The minimum Gasteiger partial charge on any atom is -0.508 e. The van der Waals surface area contributed by atoms with Crippen LogP contribution in [0.1, 0.15) is 13.3 Å². The molecule has 100 valence electrons. The van der Waals surface area contributed by atoms with E-state index in [0.717, 1.165) is 4.57 Å². The zero-order valence-corrected chi connectivity index (χ0v) is 10.2. The van der Waals surface area contributed by atoms with Gasteiger partial charge in [0.05, 0.1) is 5.69 Å². The quantitative estimate of drug-likeness (QED) is 0.581. The Balaban J connectivity index is 2.55. The molecule has 19 heavy (non-hydrogen) atoms. The van der Waals surface area contributed by atoms with Crippen molar-refractivity contribution in [2.75, 3.05) is 0 Å².